The lowest BCUT2D eigenvalue weighted by molar-refractivity contribution is -0.140. The van der Waals surface area contributed by atoms with E-state index >= 15 is 0 Å². The smallest absolute Gasteiger partial charge is 0.313 e. The van der Waals surface area contributed by atoms with Gasteiger partial charge in [0, 0.05) is 11.6 Å². The van der Waals surface area contributed by atoms with Crippen LogP contribution in [0.2, 0.25) is 0 Å². The Kier molecular flexibility index (Phi) is 5.35. The zero-order valence-corrected chi connectivity index (χ0v) is 11.3. The molecule has 0 fully saturated rings. The van der Waals surface area contributed by atoms with Gasteiger partial charge in [-0.1, -0.05) is 38.8 Å². The third-order valence-electron chi connectivity index (χ3n) is 3.50. The van der Waals surface area contributed by atoms with E-state index in [2.05, 4.69) is 5.32 Å². The highest BCUT2D eigenvalue weighted by molar-refractivity contribution is 5.30. The quantitative estimate of drug-likeness (QED) is 0.779. The molecule has 1 N–H and O–H groups in total. The van der Waals surface area contributed by atoms with Gasteiger partial charge in [0.1, 0.15) is 5.82 Å². The fraction of sp³-hybridized carbons (Fsp3) is 0.571. The number of hydrogen-bond donors (Lipinski definition) is 1. The number of hydrogen-bond acceptors (Lipinski definition) is 1. The summed E-state index contributed by atoms with van der Waals surface area (Å²) in [5, 5.41) is 2.93. The van der Waals surface area contributed by atoms with Gasteiger partial charge in [0.2, 0.25) is 0 Å². The van der Waals surface area contributed by atoms with Gasteiger partial charge in [0.05, 0.1) is 5.56 Å². The predicted octanol–water partition coefficient (Wildman–Crippen LogP) is 4.54. The molecule has 1 aromatic rings. The molecule has 5 heteroatoms. The first-order chi connectivity index (χ1) is 8.86. The summed E-state index contributed by atoms with van der Waals surface area (Å²) in [5.41, 5.74) is -1.11. The van der Waals surface area contributed by atoms with Gasteiger partial charge in [-0.05, 0) is 19.0 Å². The number of nitrogens with one attached hydrogen (secondary N) is 1. The van der Waals surface area contributed by atoms with Gasteiger partial charge in [-0.2, -0.15) is 13.2 Å². The van der Waals surface area contributed by atoms with Crippen molar-refractivity contribution in [1.29, 1.82) is 0 Å². The molecule has 0 saturated heterocycles. The highest BCUT2D eigenvalue weighted by Crippen LogP contribution is 2.36. The second-order valence-electron chi connectivity index (χ2n) is 4.55. The highest BCUT2D eigenvalue weighted by atomic mass is 19.4. The summed E-state index contributed by atoms with van der Waals surface area (Å²) in [7, 11) is 1.64. The maximum atomic E-state index is 14.1. The minimum Gasteiger partial charge on any atom is -0.313 e. The van der Waals surface area contributed by atoms with Gasteiger partial charge < -0.3 is 5.32 Å². The zero-order chi connectivity index (χ0) is 14.6. The Morgan fingerprint density at radius 2 is 1.74 bits per heavy atom. The van der Waals surface area contributed by atoms with Crippen LogP contribution < -0.4 is 5.32 Å². The van der Waals surface area contributed by atoms with Gasteiger partial charge in [0.15, 0.2) is 0 Å². The normalized spacial score (nSPS) is 13.9. The van der Waals surface area contributed by atoms with Crippen molar-refractivity contribution in [1.82, 2.24) is 5.32 Å². The molecular weight excluding hydrogens is 258 g/mol. The van der Waals surface area contributed by atoms with Gasteiger partial charge in [-0.3, -0.25) is 0 Å². The van der Waals surface area contributed by atoms with Crippen molar-refractivity contribution < 1.29 is 17.6 Å². The minimum absolute atomic E-state index is 0.0889. The van der Waals surface area contributed by atoms with Gasteiger partial charge in [-0.15, -0.1) is 0 Å². The Morgan fingerprint density at radius 1 is 1.16 bits per heavy atom. The highest BCUT2D eigenvalue weighted by Gasteiger charge is 2.36. The van der Waals surface area contributed by atoms with Crippen LogP contribution in [-0.4, -0.2) is 7.05 Å². The molecule has 1 nitrogen and oxygen atoms in total. The Balaban J connectivity index is 3.26. The average molecular weight is 277 g/mol. The lowest BCUT2D eigenvalue weighted by Crippen LogP contribution is -2.26. The third-order valence-corrected chi connectivity index (χ3v) is 3.50. The van der Waals surface area contributed by atoms with E-state index in [-0.39, 0.29) is 11.5 Å². The summed E-state index contributed by atoms with van der Waals surface area (Å²) in [6.07, 6.45) is -3.11. The molecule has 0 radical (unpaired) electrons. The lowest BCUT2D eigenvalue weighted by Gasteiger charge is -2.26. The molecule has 1 rings (SSSR count). The monoisotopic (exact) mass is 277 g/mol. The summed E-state index contributed by atoms with van der Waals surface area (Å²) in [6, 6.07) is 3.05. The van der Waals surface area contributed by atoms with E-state index in [1.165, 1.54) is 12.1 Å². The summed E-state index contributed by atoms with van der Waals surface area (Å²) >= 11 is 0. The predicted molar refractivity (Wildman–Crippen MR) is 67.3 cm³/mol. The van der Waals surface area contributed by atoms with Crippen LogP contribution in [0.15, 0.2) is 18.2 Å². The first-order valence-electron chi connectivity index (χ1n) is 6.39. The van der Waals surface area contributed by atoms with Gasteiger partial charge in [0.25, 0.3) is 0 Å². The van der Waals surface area contributed by atoms with Crippen LogP contribution in [0.25, 0.3) is 0 Å². The van der Waals surface area contributed by atoms with Gasteiger partial charge in [-0.25, -0.2) is 4.39 Å². The van der Waals surface area contributed by atoms with Crippen LogP contribution in [0.5, 0.6) is 0 Å². The Morgan fingerprint density at radius 3 is 2.16 bits per heavy atom. The second-order valence-corrected chi connectivity index (χ2v) is 4.55. The van der Waals surface area contributed by atoms with Crippen molar-refractivity contribution in [3.8, 4) is 0 Å². The molecule has 0 aliphatic heterocycles. The molecule has 1 unspecified atom stereocenters. The summed E-state index contributed by atoms with van der Waals surface area (Å²) < 4.78 is 52.2. The van der Waals surface area contributed by atoms with E-state index in [4.69, 9.17) is 0 Å². The van der Waals surface area contributed by atoms with Crippen LogP contribution in [0.1, 0.15) is 43.9 Å². The van der Waals surface area contributed by atoms with Crippen LogP contribution in [0.3, 0.4) is 0 Å². The molecule has 0 aliphatic rings. The first kappa shape index (κ1) is 16.0. The zero-order valence-electron chi connectivity index (χ0n) is 11.3. The van der Waals surface area contributed by atoms with E-state index in [9.17, 15) is 17.6 Å². The molecule has 1 atom stereocenters. The number of benzene rings is 1. The topological polar surface area (TPSA) is 12.0 Å². The molecule has 19 heavy (non-hydrogen) atoms. The van der Waals surface area contributed by atoms with Crippen LogP contribution >= 0.6 is 0 Å². The fourth-order valence-electron chi connectivity index (χ4n) is 2.41. The molecule has 0 aromatic heterocycles. The van der Waals surface area contributed by atoms with Gasteiger partial charge >= 0.3 is 6.18 Å². The molecule has 0 saturated carbocycles. The standard InChI is InChI=1S/C14H19F4N/c1-4-9(5-2)13(19-3)10-7-6-8-11(12(10)15)14(16,17)18/h6-9,13,19H,4-5H2,1-3H3. The van der Waals surface area contributed by atoms with E-state index in [0.717, 1.165) is 18.9 Å². The molecule has 108 valence electrons. The largest absolute Gasteiger partial charge is 0.419 e. The molecule has 0 amide bonds. The molecule has 1 aromatic carbocycles. The molecule has 0 spiro atoms. The van der Waals surface area contributed by atoms with Crippen molar-refractivity contribution >= 4 is 0 Å². The van der Waals surface area contributed by atoms with Crippen LogP contribution in [0, 0.1) is 11.7 Å². The molecule has 0 aliphatic carbocycles. The van der Waals surface area contributed by atoms with Crippen molar-refractivity contribution in [3.63, 3.8) is 0 Å². The lowest BCUT2D eigenvalue weighted by atomic mass is 9.88. The van der Waals surface area contributed by atoms with Crippen molar-refractivity contribution in [3.05, 3.63) is 35.1 Å². The maximum absolute atomic E-state index is 14.1. The van der Waals surface area contributed by atoms with E-state index < -0.39 is 23.6 Å². The number of halogens is 4. The second kappa shape index (κ2) is 6.37. The van der Waals surface area contributed by atoms with E-state index in [1.54, 1.807) is 7.05 Å². The molecule has 0 heterocycles. The van der Waals surface area contributed by atoms with Crippen molar-refractivity contribution in [2.24, 2.45) is 5.92 Å². The van der Waals surface area contributed by atoms with Crippen LogP contribution in [0.4, 0.5) is 17.6 Å². The Bertz CT molecular complexity index is 410. The summed E-state index contributed by atoms with van der Waals surface area (Å²) in [5.74, 6) is -1.07. The maximum Gasteiger partial charge on any atom is 0.419 e. The average Bonchev–Trinajstić information content (AvgIpc) is 2.35. The van der Waals surface area contributed by atoms with Crippen LogP contribution in [-0.2, 0) is 6.18 Å². The van der Waals surface area contributed by atoms with E-state index in [0.29, 0.717) is 0 Å². The molecular formula is C14H19F4N. The minimum atomic E-state index is -4.66. The Labute approximate surface area is 111 Å². The molecule has 0 bridgehead atoms. The SMILES string of the molecule is CCC(CC)C(NC)c1cccc(C(F)(F)F)c1F. The fourth-order valence-corrected chi connectivity index (χ4v) is 2.41. The number of alkyl halides is 3. The van der Waals surface area contributed by atoms with Crippen molar-refractivity contribution in [2.45, 2.75) is 38.9 Å². The number of rotatable bonds is 5. The van der Waals surface area contributed by atoms with Crippen molar-refractivity contribution in [2.75, 3.05) is 7.05 Å². The third kappa shape index (κ3) is 3.47. The summed E-state index contributed by atoms with van der Waals surface area (Å²) in [4.78, 5) is 0. The van der Waals surface area contributed by atoms with E-state index in [1.807, 2.05) is 13.8 Å². The summed E-state index contributed by atoms with van der Waals surface area (Å²) in [6.45, 7) is 3.90. The first-order valence-corrected chi connectivity index (χ1v) is 6.39. The Hall–Kier alpha value is -1.10.